The first-order valence-electron chi connectivity index (χ1n) is 11.2. The van der Waals surface area contributed by atoms with Crippen molar-refractivity contribution in [3.05, 3.63) is 0 Å². The Morgan fingerprint density at radius 3 is 1.41 bits per heavy atom. The van der Waals surface area contributed by atoms with E-state index in [-0.39, 0.29) is 6.61 Å². The zero-order valence-corrected chi connectivity index (χ0v) is 21.4. The number of rotatable bonds is 18. The zero-order chi connectivity index (χ0) is 20.8. The quantitative estimate of drug-likeness (QED) is 0.0847. The summed E-state index contributed by atoms with van der Waals surface area (Å²) in [5.41, 5.74) is 0. The predicted octanol–water partition coefficient (Wildman–Crippen LogP) is 6.74. The van der Waals surface area contributed by atoms with E-state index >= 15 is 0 Å². The predicted molar refractivity (Wildman–Crippen MR) is 115 cm³/mol. The summed E-state index contributed by atoms with van der Waals surface area (Å²) in [6, 6.07) is 0. The molecule has 27 heavy (non-hydrogen) atoms. The molecule has 0 aliphatic carbocycles. The second-order valence-electron chi connectivity index (χ2n) is 7.79. The van der Waals surface area contributed by atoms with E-state index in [9.17, 15) is 4.57 Å². The molecule has 5 nitrogen and oxygen atoms in total. The minimum Gasteiger partial charge on any atom is -0.301 e. The molecule has 0 aromatic heterocycles. The molecule has 0 saturated heterocycles. The molecule has 0 atom stereocenters. The SMILES string of the molecule is CC(C)[CH2][Na].CCCCCCCCCCCCCCCCOOP(=O)(O)O. The molecule has 0 amide bonds. The van der Waals surface area contributed by atoms with Crippen LogP contribution in [0.1, 0.15) is 111 Å². The molecule has 2 N–H and O–H groups in total. The van der Waals surface area contributed by atoms with E-state index in [1.807, 2.05) is 0 Å². The first-order valence-corrected chi connectivity index (χ1v) is 14.1. The molecular formula is C20H44NaO5P. The third-order valence-corrected chi connectivity index (χ3v) is 6.48. The number of hydrogen-bond acceptors (Lipinski definition) is 3. The Morgan fingerprint density at radius 2 is 1.11 bits per heavy atom. The third kappa shape index (κ3) is 34.9. The monoisotopic (exact) mass is 418 g/mol. The van der Waals surface area contributed by atoms with Gasteiger partial charge in [-0.2, -0.15) is 0 Å². The molecular weight excluding hydrogens is 374 g/mol. The molecule has 0 saturated carbocycles. The fourth-order valence-corrected chi connectivity index (χ4v) is 2.67. The van der Waals surface area contributed by atoms with Crippen molar-refractivity contribution in [3.8, 4) is 0 Å². The first-order chi connectivity index (χ1) is 12.8. The molecule has 0 radical (unpaired) electrons. The molecule has 0 unspecified atom stereocenters. The van der Waals surface area contributed by atoms with Gasteiger partial charge < -0.3 is 9.79 Å². The van der Waals surface area contributed by atoms with Gasteiger partial charge in [0.05, 0.1) is 6.61 Å². The van der Waals surface area contributed by atoms with E-state index in [0.29, 0.717) is 0 Å². The van der Waals surface area contributed by atoms with Crippen molar-refractivity contribution in [2.75, 3.05) is 6.61 Å². The van der Waals surface area contributed by atoms with Gasteiger partial charge in [0, 0.05) is 0 Å². The summed E-state index contributed by atoms with van der Waals surface area (Å²) >= 11 is 1.37. The van der Waals surface area contributed by atoms with E-state index < -0.39 is 7.82 Å². The Hall–Kier alpha value is 1.07. The van der Waals surface area contributed by atoms with Crippen LogP contribution in [0.15, 0.2) is 0 Å². The van der Waals surface area contributed by atoms with Crippen molar-refractivity contribution >= 4 is 35.8 Å². The summed E-state index contributed by atoms with van der Waals surface area (Å²) < 4.78 is 15.7. The van der Waals surface area contributed by atoms with Crippen molar-refractivity contribution in [1.29, 1.82) is 0 Å². The maximum Gasteiger partial charge on any atom is 0.496 e. The second kappa shape index (κ2) is 23.3. The molecule has 0 aliphatic heterocycles. The Balaban J connectivity index is 0. The molecule has 0 aromatic rings. The van der Waals surface area contributed by atoms with Gasteiger partial charge in [-0.15, -0.1) is 4.67 Å². The average Bonchev–Trinajstić information content (AvgIpc) is 2.61. The van der Waals surface area contributed by atoms with Gasteiger partial charge in [0.1, 0.15) is 0 Å². The van der Waals surface area contributed by atoms with E-state index in [1.165, 1.54) is 102 Å². The van der Waals surface area contributed by atoms with E-state index in [0.717, 1.165) is 25.2 Å². The maximum atomic E-state index is 10.3. The van der Waals surface area contributed by atoms with E-state index in [2.05, 4.69) is 30.3 Å². The molecule has 0 bridgehead atoms. The Kier molecular flexibility index (Phi) is 26.2. The minimum absolute atomic E-state index is 0.239. The fraction of sp³-hybridized carbons (Fsp3) is 1.00. The Labute approximate surface area is 186 Å². The number of unbranched alkanes of at least 4 members (excludes halogenated alkanes) is 13. The van der Waals surface area contributed by atoms with Crippen LogP contribution in [0.5, 0.6) is 0 Å². The van der Waals surface area contributed by atoms with Crippen LogP contribution in [-0.2, 0) is 14.1 Å². The van der Waals surface area contributed by atoms with Gasteiger partial charge in [-0.25, -0.2) is 9.45 Å². The van der Waals surface area contributed by atoms with Crippen LogP contribution in [0.3, 0.4) is 0 Å². The normalized spacial score (nSPS) is 11.6. The minimum atomic E-state index is -4.48. The largest absolute Gasteiger partial charge is 0.496 e. The van der Waals surface area contributed by atoms with Crippen molar-refractivity contribution in [2.45, 2.75) is 114 Å². The van der Waals surface area contributed by atoms with Gasteiger partial charge in [-0.1, -0.05) is 90.4 Å². The van der Waals surface area contributed by atoms with Gasteiger partial charge in [-0.05, 0) is 6.42 Å². The maximum absolute atomic E-state index is 10.3. The second-order valence-corrected chi connectivity index (χ2v) is 9.73. The summed E-state index contributed by atoms with van der Waals surface area (Å²) in [5.74, 6) is 0.946. The van der Waals surface area contributed by atoms with Crippen LogP contribution in [-0.4, -0.2) is 44.3 Å². The fourth-order valence-electron chi connectivity index (χ4n) is 2.46. The van der Waals surface area contributed by atoms with Gasteiger partial charge in [-0.3, -0.25) is 0 Å². The average molecular weight is 419 g/mol. The van der Waals surface area contributed by atoms with Crippen LogP contribution in [0.25, 0.3) is 0 Å². The molecule has 0 rings (SSSR count). The Morgan fingerprint density at radius 1 is 0.778 bits per heavy atom. The first kappa shape index (κ1) is 30.3. The molecule has 0 heterocycles. The van der Waals surface area contributed by atoms with Crippen molar-refractivity contribution in [2.24, 2.45) is 5.92 Å². The van der Waals surface area contributed by atoms with E-state index in [1.54, 1.807) is 0 Å². The van der Waals surface area contributed by atoms with Crippen LogP contribution < -0.4 is 0 Å². The summed E-state index contributed by atoms with van der Waals surface area (Å²) in [6.07, 6.45) is 17.8. The van der Waals surface area contributed by atoms with Crippen LogP contribution in [0.4, 0.5) is 0 Å². The molecule has 0 aromatic carbocycles. The van der Waals surface area contributed by atoms with Gasteiger partial charge in [0.25, 0.3) is 0 Å². The van der Waals surface area contributed by atoms with Crippen molar-refractivity contribution in [3.63, 3.8) is 0 Å². The van der Waals surface area contributed by atoms with Crippen molar-refractivity contribution in [1.82, 2.24) is 0 Å². The van der Waals surface area contributed by atoms with Crippen molar-refractivity contribution < 1.29 is 23.9 Å². The summed E-state index contributed by atoms with van der Waals surface area (Å²) in [7, 11) is -4.48. The number of hydrogen-bond donors (Lipinski definition) is 2. The molecule has 0 fully saturated rings. The van der Waals surface area contributed by atoms with Crippen LogP contribution >= 0.6 is 7.82 Å². The topological polar surface area (TPSA) is 76.0 Å². The smallest absolute Gasteiger partial charge is 0.301 e. The number of phosphoric acid groups is 1. The van der Waals surface area contributed by atoms with Gasteiger partial charge in [0.2, 0.25) is 0 Å². The molecule has 7 heteroatoms. The van der Waals surface area contributed by atoms with Crippen LogP contribution in [0.2, 0.25) is 3.67 Å². The molecule has 160 valence electrons. The summed E-state index contributed by atoms with van der Waals surface area (Å²) in [5, 5.41) is 0. The standard InChI is InChI=1S/C16H35O5P.C4H9.Na/c1-2-3-4-5-6-7-8-9-10-11-12-13-14-15-16-20-21-22(17,18)19;1-4(2)3;/h2-16H2,1H3,(H2,17,18,19);4H,1H2,2-3H3;. The zero-order valence-electron chi connectivity index (χ0n) is 18.5. The molecule has 0 aliphatic rings. The summed E-state index contributed by atoms with van der Waals surface area (Å²) in [4.78, 5) is 21.2. The third-order valence-electron chi connectivity index (χ3n) is 4.55. The van der Waals surface area contributed by atoms with Crippen LogP contribution in [0, 0.1) is 5.92 Å². The van der Waals surface area contributed by atoms with Gasteiger partial charge in [0.15, 0.2) is 0 Å². The van der Waals surface area contributed by atoms with E-state index in [4.69, 9.17) is 9.79 Å². The Bertz CT molecular complexity index is 323. The van der Waals surface area contributed by atoms with Gasteiger partial charge >= 0.3 is 59.2 Å². The summed E-state index contributed by atoms with van der Waals surface area (Å²) in [6.45, 7) is 7.01. The molecule has 0 spiro atoms.